The fourth-order valence-corrected chi connectivity index (χ4v) is 2.60. The normalized spacial score (nSPS) is 15.4. The van der Waals surface area contributed by atoms with Crippen LogP contribution in [0.1, 0.15) is 5.56 Å². The van der Waals surface area contributed by atoms with Gasteiger partial charge in [-0.1, -0.05) is 18.2 Å². The maximum atomic E-state index is 6.05. The van der Waals surface area contributed by atoms with Crippen molar-refractivity contribution in [2.75, 3.05) is 41.7 Å². The first-order chi connectivity index (χ1) is 9.74. The number of hydrogen-bond acceptors (Lipinski definition) is 4. The minimum Gasteiger partial charge on any atom is -0.397 e. The van der Waals surface area contributed by atoms with Crippen LogP contribution < -0.4 is 15.5 Å². The van der Waals surface area contributed by atoms with Gasteiger partial charge in [0.2, 0.25) is 0 Å². The Balaban J connectivity index is 1.68. The summed E-state index contributed by atoms with van der Waals surface area (Å²) in [6, 6.07) is 12.3. The molecular formula is C16H20N4. The zero-order chi connectivity index (χ0) is 13.9. The maximum Gasteiger partial charge on any atom is 0.128 e. The van der Waals surface area contributed by atoms with E-state index in [2.05, 4.69) is 39.9 Å². The number of benzene rings is 1. The van der Waals surface area contributed by atoms with Gasteiger partial charge in [-0.2, -0.15) is 0 Å². The van der Waals surface area contributed by atoms with E-state index < -0.39 is 0 Å². The lowest BCUT2D eigenvalue weighted by Crippen LogP contribution is -2.47. The van der Waals surface area contributed by atoms with Gasteiger partial charge in [-0.15, -0.1) is 0 Å². The van der Waals surface area contributed by atoms with Crippen LogP contribution >= 0.6 is 0 Å². The quantitative estimate of drug-likeness (QED) is 0.849. The first kappa shape index (κ1) is 12.8. The van der Waals surface area contributed by atoms with Crippen molar-refractivity contribution in [2.45, 2.75) is 6.92 Å². The molecule has 1 aliphatic rings. The molecule has 0 spiro atoms. The van der Waals surface area contributed by atoms with Gasteiger partial charge >= 0.3 is 0 Å². The SMILES string of the molecule is Cc1ccc(N2CCN(c3ccccc3N)CC2)nc1. The fraction of sp³-hybridized carbons (Fsp3) is 0.312. The van der Waals surface area contributed by atoms with E-state index in [4.69, 9.17) is 5.73 Å². The summed E-state index contributed by atoms with van der Waals surface area (Å²) in [7, 11) is 0. The van der Waals surface area contributed by atoms with Gasteiger partial charge < -0.3 is 15.5 Å². The van der Waals surface area contributed by atoms with E-state index in [1.54, 1.807) is 0 Å². The van der Waals surface area contributed by atoms with Gasteiger partial charge in [0, 0.05) is 32.4 Å². The summed E-state index contributed by atoms with van der Waals surface area (Å²) in [6.07, 6.45) is 1.93. The average molecular weight is 268 g/mol. The van der Waals surface area contributed by atoms with Crippen molar-refractivity contribution in [1.82, 2.24) is 4.98 Å². The lowest BCUT2D eigenvalue weighted by molar-refractivity contribution is 0.648. The van der Waals surface area contributed by atoms with Gasteiger partial charge in [-0.05, 0) is 30.7 Å². The molecule has 3 rings (SSSR count). The molecule has 20 heavy (non-hydrogen) atoms. The summed E-state index contributed by atoms with van der Waals surface area (Å²) in [5, 5.41) is 0. The number of aryl methyl sites for hydroxylation is 1. The maximum absolute atomic E-state index is 6.05. The van der Waals surface area contributed by atoms with E-state index in [1.165, 1.54) is 5.56 Å². The van der Waals surface area contributed by atoms with Gasteiger partial charge in [0.05, 0.1) is 11.4 Å². The van der Waals surface area contributed by atoms with Crippen LogP contribution in [-0.4, -0.2) is 31.2 Å². The highest BCUT2D eigenvalue weighted by atomic mass is 15.3. The van der Waals surface area contributed by atoms with Gasteiger partial charge in [0.25, 0.3) is 0 Å². The number of nitrogens with zero attached hydrogens (tertiary/aromatic N) is 3. The minimum atomic E-state index is 0.856. The van der Waals surface area contributed by atoms with Crippen LogP contribution in [0.15, 0.2) is 42.6 Å². The van der Waals surface area contributed by atoms with Crippen molar-refractivity contribution in [3.8, 4) is 0 Å². The predicted octanol–water partition coefficient (Wildman–Crippen LogP) is 2.30. The third kappa shape index (κ3) is 2.54. The Morgan fingerprint density at radius 1 is 0.950 bits per heavy atom. The van der Waals surface area contributed by atoms with Gasteiger partial charge in [0.15, 0.2) is 0 Å². The monoisotopic (exact) mass is 268 g/mol. The molecule has 1 fully saturated rings. The van der Waals surface area contributed by atoms with Crippen LogP contribution in [0, 0.1) is 6.92 Å². The Bertz CT molecular complexity index is 571. The molecule has 0 unspecified atom stereocenters. The van der Waals surface area contributed by atoms with Crippen LogP contribution in [0.2, 0.25) is 0 Å². The topological polar surface area (TPSA) is 45.4 Å². The molecule has 0 saturated carbocycles. The van der Waals surface area contributed by atoms with Crippen molar-refractivity contribution in [2.24, 2.45) is 0 Å². The summed E-state index contributed by atoms with van der Waals surface area (Å²) in [5.74, 6) is 1.07. The second kappa shape index (κ2) is 5.41. The molecule has 1 aromatic carbocycles. The zero-order valence-corrected chi connectivity index (χ0v) is 11.8. The van der Waals surface area contributed by atoms with Crippen molar-refractivity contribution in [1.29, 1.82) is 0 Å². The minimum absolute atomic E-state index is 0.856. The first-order valence-electron chi connectivity index (χ1n) is 7.01. The summed E-state index contributed by atoms with van der Waals surface area (Å²) in [6.45, 7) is 5.97. The largest absolute Gasteiger partial charge is 0.397 e. The Hall–Kier alpha value is -2.23. The van der Waals surface area contributed by atoms with Crippen LogP contribution in [0.3, 0.4) is 0 Å². The third-order valence-electron chi connectivity index (χ3n) is 3.78. The van der Waals surface area contributed by atoms with Crippen molar-refractivity contribution >= 4 is 17.2 Å². The van der Waals surface area contributed by atoms with Gasteiger partial charge in [-0.3, -0.25) is 0 Å². The first-order valence-corrected chi connectivity index (χ1v) is 7.01. The molecule has 0 bridgehead atoms. The fourth-order valence-electron chi connectivity index (χ4n) is 2.60. The highest BCUT2D eigenvalue weighted by molar-refractivity contribution is 5.67. The molecule has 0 amide bonds. The van der Waals surface area contributed by atoms with E-state index in [1.807, 2.05) is 24.4 Å². The number of pyridine rings is 1. The molecule has 2 heterocycles. The summed E-state index contributed by atoms with van der Waals surface area (Å²) in [4.78, 5) is 9.18. The van der Waals surface area contributed by atoms with Crippen LogP contribution in [0.25, 0.3) is 0 Å². The number of rotatable bonds is 2. The van der Waals surface area contributed by atoms with Crippen molar-refractivity contribution in [3.63, 3.8) is 0 Å². The molecule has 0 atom stereocenters. The number of nitrogens with two attached hydrogens (primary N) is 1. The molecular weight excluding hydrogens is 248 g/mol. The molecule has 1 aliphatic heterocycles. The van der Waals surface area contributed by atoms with E-state index >= 15 is 0 Å². The molecule has 4 nitrogen and oxygen atoms in total. The van der Waals surface area contributed by atoms with E-state index in [9.17, 15) is 0 Å². The van der Waals surface area contributed by atoms with Crippen LogP contribution in [0.5, 0.6) is 0 Å². The second-order valence-electron chi connectivity index (χ2n) is 5.23. The molecule has 104 valence electrons. The van der Waals surface area contributed by atoms with Crippen molar-refractivity contribution in [3.05, 3.63) is 48.2 Å². The number of aromatic nitrogens is 1. The number of anilines is 3. The molecule has 4 heteroatoms. The molecule has 2 N–H and O–H groups in total. The number of piperazine rings is 1. The Kier molecular flexibility index (Phi) is 3.46. The zero-order valence-electron chi connectivity index (χ0n) is 11.8. The van der Waals surface area contributed by atoms with Crippen LogP contribution in [-0.2, 0) is 0 Å². The van der Waals surface area contributed by atoms with E-state index in [0.29, 0.717) is 0 Å². The van der Waals surface area contributed by atoms with Gasteiger partial charge in [0.1, 0.15) is 5.82 Å². The molecule has 1 saturated heterocycles. The smallest absolute Gasteiger partial charge is 0.128 e. The lowest BCUT2D eigenvalue weighted by atomic mass is 10.2. The Morgan fingerprint density at radius 2 is 1.65 bits per heavy atom. The second-order valence-corrected chi connectivity index (χ2v) is 5.23. The molecule has 2 aromatic rings. The van der Waals surface area contributed by atoms with Crippen molar-refractivity contribution < 1.29 is 0 Å². The Labute approximate surface area is 119 Å². The third-order valence-corrected chi connectivity index (χ3v) is 3.78. The molecule has 0 aliphatic carbocycles. The van der Waals surface area contributed by atoms with Gasteiger partial charge in [-0.25, -0.2) is 4.98 Å². The number of nitrogen functional groups attached to an aromatic ring is 1. The highest BCUT2D eigenvalue weighted by Crippen LogP contribution is 2.24. The number of para-hydroxylation sites is 2. The van der Waals surface area contributed by atoms with E-state index in [-0.39, 0.29) is 0 Å². The summed E-state index contributed by atoms with van der Waals surface area (Å²) < 4.78 is 0. The summed E-state index contributed by atoms with van der Waals surface area (Å²) in [5.41, 5.74) is 9.24. The lowest BCUT2D eigenvalue weighted by Gasteiger charge is -2.37. The number of hydrogen-bond donors (Lipinski definition) is 1. The Morgan fingerprint density at radius 3 is 2.30 bits per heavy atom. The molecule has 0 radical (unpaired) electrons. The average Bonchev–Trinajstić information content (AvgIpc) is 2.49. The standard InChI is InChI=1S/C16H20N4/c1-13-6-7-16(18-12-13)20-10-8-19(9-11-20)15-5-3-2-4-14(15)17/h2-7,12H,8-11,17H2,1H3. The molecule has 1 aromatic heterocycles. The predicted molar refractivity (Wildman–Crippen MR) is 84.3 cm³/mol. The van der Waals surface area contributed by atoms with Crippen LogP contribution in [0.4, 0.5) is 17.2 Å². The van der Waals surface area contributed by atoms with E-state index in [0.717, 1.165) is 43.4 Å². The highest BCUT2D eigenvalue weighted by Gasteiger charge is 2.19. The summed E-state index contributed by atoms with van der Waals surface area (Å²) >= 11 is 0.